The van der Waals surface area contributed by atoms with Crippen LogP contribution in [0, 0.1) is 22.5 Å². The van der Waals surface area contributed by atoms with Gasteiger partial charge < -0.3 is 4.74 Å². The molecule has 0 aliphatic heterocycles. The SMILES string of the molecule is C#CCOc1ccc(/C=N\NC(=O)c2cc3cc([N+](=O)[O-])ccc3s2)cc1. The highest BCUT2D eigenvalue weighted by molar-refractivity contribution is 7.20. The highest BCUT2D eigenvalue weighted by Gasteiger charge is 2.12. The van der Waals surface area contributed by atoms with E-state index in [-0.39, 0.29) is 18.2 Å². The smallest absolute Gasteiger partial charge is 0.281 e. The van der Waals surface area contributed by atoms with Crippen molar-refractivity contribution in [3.63, 3.8) is 0 Å². The fourth-order valence-electron chi connectivity index (χ4n) is 2.25. The van der Waals surface area contributed by atoms with Crippen LogP contribution in [0.4, 0.5) is 5.69 Å². The molecular weight excluding hydrogens is 366 g/mol. The summed E-state index contributed by atoms with van der Waals surface area (Å²) in [7, 11) is 0. The van der Waals surface area contributed by atoms with Gasteiger partial charge in [-0.1, -0.05) is 5.92 Å². The molecule has 0 aliphatic rings. The highest BCUT2D eigenvalue weighted by atomic mass is 32.1. The van der Waals surface area contributed by atoms with E-state index in [1.165, 1.54) is 29.7 Å². The van der Waals surface area contributed by atoms with Gasteiger partial charge in [-0.2, -0.15) is 5.10 Å². The van der Waals surface area contributed by atoms with Gasteiger partial charge in [0, 0.05) is 22.2 Å². The van der Waals surface area contributed by atoms with Crippen LogP contribution >= 0.6 is 11.3 Å². The van der Waals surface area contributed by atoms with E-state index in [0.717, 1.165) is 10.3 Å². The summed E-state index contributed by atoms with van der Waals surface area (Å²) in [6.07, 6.45) is 6.63. The monoisotopic (exact) mass is 379 g/mol. The number of nitro groups is 1. The summed E-state index contributed by atoms with van der Waals surface area (Å²) in [5, 5.41) is 15.4. The molecule has 2 aromatic carbocycles. The molecule has 3 aromatic rings. The lowest BCUT2D eigenvalue weighted by molar-refractivity contribution is -0.384. The minimum atomic E-state index is -0.468. The van der Waals surface area contributed by atoms with Gasteiger partial charge in [-0.05, 0) is 42.0 Å². The van der Waals surface area contributed by atoms with Crippen LogP contribution < -0.4 is 10.2 Å². The van der Waals surface area contributed by atoms with Gasteiger partial charge >= 0.3 is 0 Å². The summed E-state index contributed by atoms with van der Waals surface area (Å²) in [6, 6.07) is 13.1. The molecular formula is C19H13N3O4S. The molecule has 134 valence electrons. The summed E-state index contributed by atoms with van der Waals surface area (Å²) >= 11 is 1.24. The second-order valence-corrected chi connectivity index (χ2v) is 6.43. The van der Waals surface area contributed by atoms with Crippen molar-refractivity contribution in [2.24, 2.45) is 5.10 Å². The molecule has 0 atom stereocenters. The number of rotatable bonds is 6. The van der Waals surface area contributed by atoms with Gasteiger partial charge in [0.2, 0.25) is 0 Å². The molecule has 8 heteroatoms. The number of carbonyl (C=O) groups excluding carboxylic acids is 1. The highest BCUT2D eigenvalue weighted by Crippen LogP contribution is 2.28. The Labute approximate surface area is 158 Å². The maximum absolute atomic E-state index is 12.2. The van der Waals surface area contributed by atoms with Crippen molar-refractivity contribution in [2.45, 2.75) is 0 Å². The standard InChI is InChI=1S/C19H13N3O4S/c1-2-9-26-16-6-3-13(4-7-16)12-20-21-19(23)18-11-14-10-15(22(24)25)5-8-17(14)27-18/h1,3-8,10-12H,9H2,(H,21,23)/b20-12-. The van der Waals surface area contributed by atoms with E-state index < -0.39 is 4.92 Å². The Bertz CT molecular complexity index is 1060. The predicted molar refractivity (Wildman–Crippen MR) is 104 cm³/mol. The first kappa shape index (κ1) is 18.1. The summed E-state index contributed by atoms with van der Waals surface area (Å²) in [5.74, 6) is 2.64. The Balaban J connectivity index is 1.65. The van der Waals surface area contributed by atoms with Crippen molar-refractivity contribution in [3.05, 3.63) is 69.1 Å². The summed E-state index contributed by atoms with van der Waals surface area (Å²) in [6.45, 7) is 0.196. The quantitative estimate of drug-likeness (QED) is 0.306. The first-order valence-corrected chi connectivity index (χ1v) is 8.56. The molecule has 0 unspecified atom stereocenters. The van der Waals surface area contributed by atoms with Crippen molar-refractivity contribution in [1.82, 2.24) is 5.43 Å². The fourth-order valence-corrected chi connectivity index (χ4v) is 3.18. The first-order chi connectivity index (χ1) is 13.1. The van der Waals surface area contributed by atoms with Gasteiger partial charge in [0.25, 0.3) is 11.6 Å². The largest absolute Gasteiger partial charge is 0.481 e. The summed E-state index contributed by atoms with van der Waals surface area (Å²) in [5.41, 5.74) is 3.20. The fraction of sp³-hybridized carbons (Fsp3) is 0.0526. The number of fused-ring (bicyclic) bond motifs is 1. The lowest BCUT2D eigenvalue weighted by Crippen LogP contribution is -2.16. The van der Waals surface area contributed by atoms with Crippen LogP contribution in [0.25, 0.3) is 10.1 Å². The zero-order valence-electron chi connectivity index (χ0n) is 13.9. The average molecular weight is 379 g/mol. The molecule has 27 heavy (non-hydrogen) atoms. The van der Waals surface area contributed by atoms with Gasteiger partial charge in [-0.25, -0.2) is 5.43 Å². The van der Waals surface area contributed by atoms with Crippen LogP contribution in [0.1, 0.15) is 15.2 Å². The van der Waals surface area contributed by atoms with E-state index in [2.05, 4.69) is 16.4 Å². The number of nitrogens with one attached hydrogen (secondary N) is 1. The predicted octanol–water partition coefficient (Wildman–Crippen LogP) is 3.59. The van der Waals surface area contributed by atoms with Gasteiger partial charge in [-0.3, -0.25) is 14.9 Å². The molecule has 1 N–H and O–H groups in total. The number of nitrogens with zero attached hydrogens (tertiary/aromatic N) is 2. The third-order valence-electron chi connectivity index (χ3n) is 3.52. The summed E-state index contributed by atoms with van der Waals surface area (Å²) < 4.78 is 6.06. The first-order valence-electron chi connectivity index (χ1n) is 7.74. The molecule has 0 aliphatic carbocycles. The topological polar surface area (TPSA) is 93.8 Å². The van der Waals surface area contributed by atoms with Crippen LogP contribution in [0.2, 0.25) is 0 Å². The zero-order valence-corrected chi connectivity index (χ0v) is 14.7. The second-order valence-electron chi connectivity index (χ2n) is 5.35. The number of amides is 1. The number of non-ortho nitro benzene ring substituents is 1. The van der Waals surface area contributed by atoms with E-state index in [1.807, 2.05) is 0 Å². The molecule has 0 saturated heterocycles. The number of hydrazone groups is 1. The Morgan fingerprint density at radius 3 is 2.78 bits per heavy atom. The second kappa shape index (κ2) is 8.12. The maximum atomic E-state index is 12.2. The Morgan fingerprint density at radius 1 is 1.30 bits per heavy atom. The molecule has 0 radical (unpaired) electrons. The lowest BCUT2D eigenvalue weighted by atomic mass is 10.2. The lowest BCUT2D eigenvalue weighted by Gasteiger charge is -2.01. The van der Waals surface area contributed by atoms with Crippen molar-refractivity contribution < 1.29 is 14.5 Å². The van der Waals surface area contributed by atoms with Crippen LogP contribution in [-0.2, 0) is 0 Å². The molecule has 0 fully saturated rings. The van der Waals surface area contributed by atoms with Crippen molar-refractivity contribution >= 4 is 39.2 Å². The Morgan fingerprint density at radius 2 is 2.07 bits per heavy atom. The Hall–Kier alpha value is -3.70. The number of ether oxygens (including phenoxy) is 1. The van der Waals surface area contributed by atoms with Crippen molar-refractivity contribution in [1.29, 1.82) is 0 Å². The molecule has 3 rings (SSSR count). The van der Waals surface area contributed by atoms with Crippen molar-refractivity contribution in [2.75, 3.05) is 6.61 Å². The van der Waals surface area contributed by atoms with Gasteiger partial charge in [0.15, 0.2) is 0 Å². The molecule has 0 saturated carbocycles. The number of terminal acetylenes is 1. The van der Waals surface area contributed by atoms with E-state index in [1.54, 1.807) is 36.4 Å². The van der Waals surface area contributed by atoms with E-state index in [4.69, 9.17) is 11.2 Å². The minimum absolute atomic E-state index is 0.0139. The van der Waals surface area contributed by atoms with Crippen LogP contribution in [0.5, 0.6) is 5.75 Å². The van der Waals surface area contributed by atoms with Crippen LogP contribution in [0.3, 0.4) is 0 Å². The number of carbonyl (C=O) groups is 1. The number of nitro benzene ring substituents is 1. The minimum Gasteiger partial charge on any atom is -0.481 e. The molecule has 7 nitrogen and oxygen atoms in total. The number of benzene rings is 2. The molecule has 1 heterocycles. The average Bonchev–Trinajstić information content (AvgIpc) is 3.10. The molecule has 1 amide bonds. The number of thiophene rings is 1. The normalized spacial score (nSPS) is 10.6. The maximum Gasteiger partial charge on any atom is 0.281 e. The Kier molecular flexibility index (Phi) is 5.44. The van der Waals surface area contributed by atoms with Gasteiger partial charge in [0.05, 0.1) is 16.0 Å². The van der Waals surface area contributed by atoms with E-state index in [0.29, 0.717) is 16.0 Å². The van der Waals surface area contributed by atoms with Gasteiger partial charge in [-0.15, -0.1) is 17.8 Å². The van der Waals surface area contributed by atoms with Gasteiger partial charge in [0.1, 0.15) is 12.4 Å². The third kappa shape index (κ3) is 4.48. The zero-order chi connectivity index (χ0) is 19.2. The third-order valence-corrected chi connectivity index (χ3v) is 4.63. The summed E-state index contributed by atoms with van der Waals surface area (Å²) in [4.78, 5) is 23.0. The van der Waals surface area contributed by atoms with Crippen LogP contribution in [0.15, 0.2) is 53.6 Å². The van der Waals surface area contributed by atoms with Crippen molar-refractivity contribution in [3.8, 4) is 18.1 Å². The van der Waals surface area contributed by atoms with E-state index >= 15 is 0 Å². The number of hydrogen-bond donors (Lipinski definition) is 1. The van der Waals surface area contributed by atoms with Crippen LogP contribution in [-0.4, -0.2) is 23.7 Å². The number of hydrogen-bond acceptors (Lipinski definition) is 6. The molecule has 0 bridgehead atoms. The molecule has 0 spiro atoms. The molecule has 1 aromatic heterocycles. The van der Waals surface area contributed by atoms with E-state index in [9.17, 15) is 14.9 Å².